The van der Waals surface area contributed by atoms with Crippen LogP contribution >= 0.6 is 0 Å². The Bertz CT molecular complexity index is 1260. The lowest BCUT2D eigenvalue weighted by Gasteiger charge is -2.24. The van der Waals surface area contributed by atoms with Gasteiger partial charge in [-0.15, -0.1) is 0 Å². The summed E-state index contributed by atoms with van der Waals surface area (Å²) in [6.07, 6.45) is 0.627. The zero-order chi connectivity index (χ0) is 24.7. The van der Waals surface area contributed by atoms with Crippen LogP contribution in [0.5, 0.6) is 5.75 Å². The second kappa shape index (κ2) is 11.3. The van der Waals surface area contributed by atoms with E-state index in [4.69, 9.17) is 15.2 Å². The van der Waals surface area contributed by atoms with Gasteiger partial charge in [-0.3, -0.25) is 24.0 Å². The van der Waals surface area contributed by atoms with Crippen molar-refractivity contribution in [2.45, 2.75) is 33.4 Å². The number of carbonyl (C=O) groups excluding carboxylic acids is 1. The first-order valence-electron chi connectivity index (χ1n) is 11.1. The van der Waals surface area contributed by atoms with Crippen molar-refractivity contribution in [1.29, 1.82) is 0 Å². The molecule has 0 bridgehead atoms. The van der Waals surface area contributed by atoms with Gasteiger partial charge >= 0.3 is 5.69 Å². The van der Waals surface area contributed by atoms with Crippen LogP contribution in [0.1, 0.15) is 34.8 Å². The standard InChI is InChI=1S/C25H30N4O5/c1-4-11-29-22(26)21(23(30)27-25(29)32)28(12-13-33-3)24(31)19-9-6-10-20(15-19)34-16-18-8-5-7-17(2)14-18/h5-10,14-15H,4,11-13,16,26H2,1-3H3,(H,27,30,32). The number of hydrogen-bond donors (Lipinski definition) is 2. The molecule has 1 heterocycles. The molecule has 1 amide bonds. The molecule has 1 aromatic heterocycles. The molecule has 0 saturated carbocycles. The highest BCUT2D eigenvalue weighted by molar-refractivity contribution is 6.07. The Hall–Kier alpha value is -3.85. The van der Waals surface area contributed by atoms with Crippen molar-refractivity contribution in [3.63, 3.8) is 0 Å². The summed E-state index contributed by atoms with van der Waals surface area (Å²) in [7, 11) is 1.49. The number of amides is 1. The molecule has 0 aliphatic heterocycles. The Morgan fingerprint density at radius 1 is 1.15 bits per heavy atom. The van der Waals surface area contributed by atoms with Gasteiger partial charge in [0.05, 0.1) is 6.61 Å². The van der Waals surface area contributed by atoms with Crippen molar-refractivity contribution in [3.05, 3.63) is 86.1 Å². The molecule has 3 rings (SSSR count). The minimum Gasteiger partial charge on any atom is -0.489 e. The summed E-state index contributed by atoms with van der Waals surface area (Å²) in [6.45, 7) is 4.79. The van der Waals surface area contributed by atoms with Crippen LogP contribution in [0, 0.1) is 6.92 Å². The molecular weight excluding hydrogens is 436 g/mol. The highest BCUT2D eigenvalue weighted by Gasteiger charge is 2.25. The van der Waals surface area contributed by atoms with Crippen molar-refractivity contribution in [2.24, 2.45) is 0 Å². The summed E-state index contributed by atoms with van der Waals surface area (Å²) in [5.41, 5.74) is 7.22. The predicted octanol–water partition coefficient (Wildman–Crippen LogP) is 2.71. The molecule has 9 heteroatoms. The van der Waals surface area contributed by atoms with Gasteiger partial charge in [0.25, 0.3) is 11.5 Å². The third kappa shape index (κ3) is 5.74. The number of aromatic nitrogens is 2. The molecule has 0 unspecified atom stereocenters. The van der Waals surface area contributed by atoms with Gasteiger partial charge in [-0.1, -0.05) is 42.8 Å². The van der Waals surface area contributed by atoms with Crippen molar-refractivity contribution >= 4 is 17.4 Å². The van der Waals surface area contributed by atoms with E-state index in [-0.39, 0.29) is 24.7 Å². The number of hydrogen-bond acceptors (Lipinski definition) is 6. The number of aryl methyl sites for hydroxylation is 1. The number of H-pyrrole nitrogens is 1. The lowest BCUT2D eigenvalue weighted by atomic mass is 10.1. The molecule has 34 heavy (non-hydrogen) atoms. The molecule has 0 aliphatic rings. The molecule has 180 valence electrons. The Balaban J connectivity index is 1.93. The lowest BCUT2D eigenvalue weighted by Crippen LogP contribution is -2.42. The summed E-state index contributed by atoms with van der Waals surface area (Å²) in [6, 6.07) is 14.7. The van der Waals surface area contributed by atoms with E-state index in [1.54, 1.807) is 24.3 Å². The summed E-state index contributed by atoms with van der Waals surface area (Å²) in [5, 5.41) is 0. The third-order valence-corrected chi connectivity index (χ3v) is 5.26. The number of nitrogens with two attached hydrogens (primary N) is 1. The summed E-state index contributed by atoms with van der Waals surface area (Å²) < 4.78 is 12.3. The van der Waals surface area contributed by atoms with Crippen molar-refractivity contribution < 1.29 is 14.3 Å². The topological polar surface area (TPSA) is 120 Å². The third-order valence-electron chi connectivity index (χ3n) is 5.26. The number of aromatic amines is 1. The molecule has 2 aromatic carbocycles. The number of ether oxygens (including phenoxy) is 2. The van der Waals surface area contributed by atoms with E-state index in [0.29, 0.717) is 30.9 Å². The van der Waals surface area contributed by atoms with Gasteiger partial charge in [-0.05, 0) is 37.1 Å². The fraction of sp³-hybridized carbons (Fsp3) is 0.320. The van der Waals surface area contributed by atoms with Crippen molar-refractivity contribution in [2.75, 3.05) is 30.9 Å². The second-order valence-electron chi connectivity index (χ2n) is 7.90. The zero-order valence-corrected chi connectivity index (χ0v) is 19.7. The second-order valence-corrected chi connectivity index (χ2v) is 7.90. The number of carbonyl (C=O) groups is 1. The van der Waals surface area contributed by atoms with E-state index in [9.17, 15) is 14.4 Å². The number of nitrogens with one attached hydrogen (secondary N) is 1. The lowest BCUT2D eigenvalue weighted by molar-refractivity contribution is 0.0975. The van der Waals surface area contributed by atoms with Gasteiger partial charge in [0.1, 0.15) is 18.2 Å². The molecule has 0 fully saturated rings. The van der Waals surface area contributed by atoms with Gasteiger partial charge in [0.15, 0.2) is 5.69 Å². The summed E-state index contributed by atoms with van der Waals surface area (Å²) >= 11 is 0. The molecule has 0 atom stereocenters. The molecule has 3 N–H and O–H groups in total. The van der Waals surface area contributed by atoms with Crippen LogP contribution in [0.3, 0.4) is 0 Å². The van der Waals surface area contributed by atoms with E-state index in [1.807, 2.05) is 38.1 Å². The molecule has 0 saturated heterocycles. The predicted molar refractivity (Wildman–Crippen MR) is 132 cm³/mol. The van der Waals surface area contributed by atoms with Crippen molar-refractivity contribution in [1.82, 2.24) is 9.55 Å². The van der Waals surface area contributed by atoms with Crippen LogP contribution in [-0.4, -0.2) is 35.7 Å². The quantitative estimate of drug-likeness (QED) is 0.474. The van der Waals surface area contributed by atoms with Crippen LogP contribution < -0.4 is 26.6 Å². The Morgan fingerprint density at radius 2 is 1.91 bits per heavy atom. The normalized spacial score (nSPS) is 10.8. The fourth-order valence-electron chi connectivity index (χ4n) is 3.62. The Labute approximate surface area is 197 Å². The average Bonchev–Trinajstić information content (AvgIpc) is 2.82. The number of benzene rings is 2. The number of rotatable bonds is 10. The molecule has 9 nitrogen and oxygen atoms in total. The maximum Gasteiger partial charge on any atom is 0.330 e. The first-order valence-corrected chi connectivity index (χ1v) is 11.1. The van der Waals surface area contributed by atoms with Gasteiger partial charge in [0.2, 0.25) is 0 Å². The van der Waals surface area contributed by atoms with E-state index in [2.05, 4.69) is 4.98 Å². The van der Waals surface area contributed by atoms with E-state index in [1.165, 1.54) is 16.6 Å². The largest absolute Gasteiger partial charge is 0.489 e. The first-order chi connectivity index (χ1) is 16.3. The van der Waals surface area contributed by atoms with Crippen LogP contribution in [0.15, 0.2) is 58.1 Å². The number of methoxy groups -OCH3 is 1. The molecule has 0 radical (unpaired) electrons. The van der Waals surface area contributed by atoms with Gasteiger partial charge < -0.3 is 15.2 Å². The van der Waals surface area contributed by atoms with Gasteiger partial charge in [-0.2, -0.15) is 0 Å². The maximum atomic E-state index is 13.5. The monoisotopic (exact) mass is 466 g/mol. The fourth-order valence-corrected chi connectivity index (χ4v) is 3.62. The van der Waals surface area contributed by atoms with Crippen LogP contribution in [0.2, 0.25) is 0 Å². The van der Waals surface area contributed by atoms with Gasteiger partial charge in [-0.25, -0.2) is 4.79 Å². The zero-order valence-electron chi connectivity index (χ0n) is 19.7. The van der Waals surface area contributed by atoms with E-state index in [0.717, 1.165) is 11.1 Å². The van der Waals surface area contributed by atoms with Crippen molar-refractivity contribution in [3.8, 4) is 5.75 Å². The smallest absolute Gasteiger partial charge is 0.330 e. The average molecular weight is 467 g/mol. The highest BCUT2D eigenvalue weighted by atomic mass is 16.5. The van der Waals surface area contributed by atoms with E-state index < -0.39 is 17.2 Å². The molecule has 3 aromatic rings. The minimum atomic E-state index is -0.730. The summed E-state index contributed by atoms with van der Waals surface area (Å²) in [5.74, 6) is -0.0132. The maximum absolute atomic E-state index is 13.5. The number of nitrogens with zero attached hydrogens (tertiary/aromatic N) is 2. The Kier molecular flexibility index (Phi) is 8.26. The van der Waals surface area contributed by atoms with Crippen LogP contribution in [0.4, 0.5) is 11.5 Å². The van der Waals surface area contributed by atoms with Crippen LogP contribution in [0.25, 0.3) is 0 Å². The highest BCUT2D eigenvalue weighted by Crippen LogP contribution is 2.22. The summed E-state index contributed by atoms with van der Waals surface area (Å²) in [4.78, 5) is 41.9. The van der Waals surface area contributed by atoms with E-state index >= 15 is 0 Å². The van der Waals surface area contributed by atoms with Gasteiger partial charge in [0, 0.05) is 25.8 Å². The Morgan fingerprint density at radius 3 is 2.62 bits per heavy atom. The number of nitrogen functional groups attached to an aromatic ring is 1. The number of anilines is 2. The van der Waals surface area contributed by atoms with Crippen LogP contribution in [-0.2, 0) is 17.9 Å². The molecule has 0 aliphatic carbocycles. The molecule has 0 spiro atoms. The SMILES string of the molecule is CCCn1c(N)c(N(CCOC)C(=O)c2cccc(OCc3cccc(C)c3)c2)c(=O)[nH]c1=O. The minimum absolute atomic E-state index is 0.0631. The first kappa shape index (κ1) is 24.8. The molecular formula is C25H30N4O5.